The number of hydrogen-bond acceptors (Lipinski definition) is 2. The smallest absolute Gasteiger partial charge is 0.207 e. The quantitative estimate of drug-likeness (QED) is 0.513. The van der Waals surface area contributed by atoms with Gasteiger partial charge in [-0.15, -0.1) is 0 Å². The molecule has 15 heavy (non-hydrogen) atoms. The van der Waals surface area contributed by atoms with Gasteiger partial charge in [-0.1, -0.05) is 29.8 Å². The molecule has 0 unspecified atom stereocenters. The Morgan fingerprint density at radius 3 is 2.87 bits per heavy atom. The van der Waals surface area contributed by atoms with E-state index in [1.54, 1.807) is 0 Å². The molecule has 0 heterocycles. The molecule has 0 saturated heterocycles. The Hall–Kier alpha value is -1.35. The van der Waals surface area contributed by atoms with Gasteiger partial charge in [0.05, 0.1) is 0 Å². The molecule has 1 rings (SSSR count). The first-order valence-corrected chi connectivity index (χ1v) is 5.26. The summed E-state index contributed by atoms with van der Waals surface area (Å²) in [6, 6.07) is 8.52. The van der Waals surface area contributed by atoms with Crippen molar-refractivity contribution in [2.75, 3.05) is 19.6 Å². The summed E-state index contributed by atoms with van der Waals surface area (Å²) in [6.07, 6.45) is 1.75. The summed E-state index contributed by atoms with van der Waals surface area (Å²) < 4.78 is 0. The van der Waals surface area contributed by atoms with E-state index in [1.807, 2.05) is 0 Å². The molecule has 1 aromatic rings. The lowest BCUT2D eigenvalue weighted by Crippen LogP contribution is -2.27. The van der Waals surface area contributed by atoms with Gasteiger partial charge < -0.3 is 10.6 Å². The molecule has 0 aromatic heterocycles. The van der Waals surface area contributed by atoms with E-state index in [0.29, 0.717) is 6.54 Å². The first-order chi connectivity index (χ1) is 7.33. The normalized spacial score (nSPS) is 9.93. The van der Waals surface area contributed by atoms with Crippen LogP contribution in [0.3, 0.4) is 0 Å². The highest BCUT2D eigenvalue weighted by atomic mass is 16.1. The van der Waals surface area contributed by atoms with Gasteiger partial charge in [0.2, 0.25) is 6.41 Å². The number of carbonyl (C=O) groups is 1. The van der Waals surface area contributed by atoms with Gasteiger partial charge in [-0.3, -0.25) is 4.79 Å². The van der Waals surface area contributed by atoms with E-state index in [4.69, 9.17) is 0 Å². The van der Waals surface area contributed by atoms with E-state index in [9.17, 15) is 4.79 Å². The van der Waals surface area contributed by atoms with Crippen LogP contribution in [0, 0.1) is 6.92 Å². The van der Waals surface area contributed by atoms with Gasteiger partial charge in [0, 0.05) is 13.1 Å². The summed E-state index contributed by atoms with van der Waals surface area (Å²) in [5.41, 5.74) is 2.65. The zero-order valence-electron chi connectivity index (χ0n) is 9.12. The van der Waals surface area contributed by atoms with E-state index in [1.165, 1.54) is 11.1 Å². The average molecular weight is 206 g/mol. The Labute approximate surface area is 90.9 Å². The molecule has 0 spiro atoms. The van der Waals surface area contributed by atoms with Crippen molar-refractivity contribution in [2.45, 2.75) is 13.3 Å². The summed E-state index contributed by atoms with van der Waals surface area (Å²) in [5, 5.41) is 5.88. The molecule has 0 aliphatic carbocycles. The summed E-state index contributed by atoms with van der Waals surface area (Å²) in [6.45, 7) is 4.57. The third kappa shape index (κ3) is 5.18. The number of rotatable bonds is 7. The molecule has 0 aliphatic rings. The van der Waals surface area contributed by atoms with E-state index in [-0.39, 0.29) is 0 Å². The van der Waals surface area contributed by atoms with Crippen LogP contribution < -0.4 is 10.6 Å². The molecule has 0 bridgehead atoms. The Balaban J connectivity index is 2.12. The zero-order chi connectivity index (χ0) is 10.9. The number of aryl methyl sites for hydroxylation is 1. The third-order valence-electron chi connectivity index (χ3n) is 2.20. The highest BCUT2D eigenvalue weighted by Gasteiger charge is 1.92. The Morgan fingerprint density at radius 1 is 1.27 bits per heavy atom. The second-order valence-corrected chi connectivity index (χ2v) is 3.56. The van der Waals surface area contributed by atoms with Crippen LogP contribution in [0.5, 0.6) is 0 Å². The van der Waals surface area contributed by atoms with Gasteiger partial charge in [-0.05, 0) is 25.5 Å². The van der Waals surface area contributed by atoms with Gasteiger partial charge in [0.1, 0.15) is 0 Å². The maximum absolute atomic E-state index is 9.96. The molecule has 3 nitrogen and oxygen atoms in total. The van der Waals surface area contributed by atoms with Gasteiger partial charge in [-0.25, -0.2) is 0 Å². The van der Waals surface area contributed by atoms with Crippen molar-refractivity contribution in [1.82, 2.24) is 10.6 Å². The molecule has 0 atom stereocenters. The van der Waals surface area contributed by atoms with Crippen LogP contribution in [0.15, 0.2) is 24.3 Å². The van der Waals surface area contributed by atoms with E-state index in [2.05, 4.69) is 41.8 Å². The number of nitrogens with one attached hydrogen (secondary N) is 2. The van der Waals surface area contributed by atoms with Crippen LogP contribution in [0.25, 0.3) is 0 Å². The van der Waals surface area contributed by atoms with E-state index in [0.717, 1.165) is 25.9 Å². The summed E-state index contributed by atoms with van der Waals surface area (Å²) >= 11 is 0. The maximum atomic E-state index is 9.96. The average Bonchev–Trinajstić information content (AvgIpc) is 2.23. The third-order valence-corrected chi connectivity index (χ3v) is 2.20. The lowest BCUT2D eigenvalue weighted by molar-refractivity contribution is -0.109. The maximum Gasteiger partial charge on any atom is 0.207 e. The van der Waals surface area contributed by atoms with E-state index >= 15 is 0 Å². The van der Waals surface area contributed by atoms with Gasteiger partial charge >= 0.3 is 0 Å². The molecular weight excluding hydrogens is 188 g/mol. The topological polar surface area (TPSA) is 41.1 Å². The number of hydrogen-bond donors (Lipinski definition) is 2. The highest BCUT2D eigenvalue weighted by molar-refractivity contribution is 5.45. The molecular formula is C12H18N2O. The first-order valence-electron chi connectivity index (χ1n) is 5.26. The van der Waals surface area contributed by atoms with Crippen LogP contribution in [-0.2, 0) is 11.2 Å². The summed E-state index contributed by atoms with van der Waals surface area (Å²) in [4.78, 5) is 9.96. The van der Waals surface area contributed by atoms with Crippen molar-refractivity contribution in [3.05, 3.63) is 35.4 Å². The molecule has 0 aliphatic heterocycles. The number of amides is 1. The Bertz CT molecular complexity index is 299. The standard InChI is InChI=1S/C12H18N2O/c1-11-3-2-4-12(9-11)5-6-13-7-8-14-10-15/h2-4,9-10,13H,5-8H2,1H3,(H,14,15). The van der Waals surface area contributed by atoms with Crippen molar-refractivity contribution in [3.63, 3.8) is 0 Å². The molecule has 2 N–H and O–H groups in total. The number of benzene rings is 1. The second-order valence-electron chi connectivity index (χ2n) is 3.56. The van der Waals surface area contributed by atoms with Crippen molar-refractivity contribution in [2.24, 2.45) is 0 Å². The molecule has 1 amide bonds. The fraction of sp³-hybridized carbons (Fsp3) is 0.417. The summed E-state index contributed by atoms with van der Waals surface area (Å²) in [7, 11) is 0. The van der Waals surface area contributed by atoms with Gasteiger partial charge in [-0.2, -0.15) is 0 Å². The highest BCUT2D eigenvalue weighted by Crippen LogP contribution is 2.03. The molecule has 82 valence electrons. The lowest BCUT2D eigenvalue weighted by atomic mass is 10.1. The molecule has 3 heteroatoms. The first kappa shape index (κ1) is 11.7. The molecule has 1 aromatic carbocycles. The fourth-order valence-corrected chi connectivity index (χ4v) is 1.44. The monoisotopic (exact) mass is 206 g/mol. The fourth-order valence-electron chi connectivity index (χ4n) is 1.44. The predicted octanol–water partition coefficient (Wildman–Crippen LogP) is 0.873. The van der Waals surface area contributed by atoms with Crippen molar-refractivity contribution >= 4 is 6.41 Å². The molecule has 0 fully saturated rings. The SMILES string of the molecule is Cc1cccc(CCNCCNC=O)c1. The molecule has 0 radical (unpaired) electrons. The van der Waals surface area contributed by atoms with Crippen molar-refractivity contribution in [1.29, 1.82) is 0 Å². The Morgan fingerprint density at radius 2 is 2.13 bits per heavy atom. The second kappa shape index (κ2) is 7.01. The lowest BCUT2D eigenvalue weighted by Gasteiger charge is -2.04. The minimum absolute atomic E-state index is 0.692. The summed E-state index contributed by atoms with van der Waals surface area (Å²) in [5.74, 6) is 0. The zero-order valence-corrected chi connectivity index (χ0v) is 9.12. The van der Waals surface area contributed by atoms with Crippen LogP contribution >= 0.6 is 0 Å². The van der Waals surface area contributed by atoms with Crippen molar-refractivity contribution < 1.29 is 4.79 Å². The van der Waals surface area contributed by atoms with Crippen LogP contribution in [0.4, 0.5) is 0 Å². The largest absolute Gasteiger partial charge is 0.357 e. The van der Waals surface area contributed by atoms with Gasteiger partial charge in [0.25, 0.3) is 0 Å². The predicted molar refractivity (Wildman–Crippen MR) is 61.8 cm³/mol. The van der Waals surface area contributed by atoms with E-state index < -0.39 is 0 Å². The van der Waals surface area contributed by atoms with Crippen LogP contribution in [0.1, 0.15) is 11.1 Å². The molecule has 0 saturated carbocycles. The van der Waals surface area contributed by atoms with Crippen LogP contribution in [0.2, 0.25) is 0 Å². The minimum atomic E-state index is 0.692. The Kier molecular flexibility index (Phi) is 5.48. The van der Waals surface area contributed by atoms with Crippen molar-refractivity contribution in [3.8, 4) is 0 Å². The number of carbonyl (C=O) groups excluding carboxylic acids is 1. The van der Waals surface area contributed by atoms with Gasteiger partial charge in [0.15, 0.2) is 0 Å². The van der Waals surface area contributed by atoms with Crippen LogP contribution in [-0.4, -0.2) is 26.0 Å². The minimum Gasteiger partial charge on any atom is -0.357 e.